The van der Waals surface area contributed by atoms with Crippen LogP contribution in [0.2, 0.25) is 0 Å². The molecule has 0 bridgehead atoms. The maximum absolute atomic E-state index is 12.5. The Balaban J connectivity index is 1.54. The fraction of sp³-hybridized carbons (Fsp3) is 0.500. The molecule has 2 heterocycles. The van der Waals surface area contributed by atoms with E-state index in [0.717, 1.165) is 49.4 Å². The van der Waals surface area contributed by atoms with Crippen LogP contribution in [0.5, 0.6) is 0 Å². The van der Waals surface area contributed by atoms with E-state index in [2.05, 4.69) is 39.2 Å². The van der Waals surface area contributed by atoms with Gasteiger partial charge in [0.1, 0.15) is 0 Å². The van der Waals surface area contributed by atoms with Gasteiger partial charge in [0.05, 0.1) is 5.92 Å². The number of anilines is 1. The molecule has 0 unspecified atom stereocenters. The van der Waals surface area contributed by atoms with Crippen LogP contribution in [0.4, 0.5) is 5.95 Å². The van der Waals surface area contributed by atoms with E-state index >= 15 is 0 Å². The van der Waals surface area contributed by atoms with E-state index in [0.29, 0.717) is 6.54 Å². The summed E-state index contributed by atoms with van der Waals surface area (Å²) in [5.41, 5.74) is 2.13. The quantitative estimate of drug-likeness (QED) is 0.716. The van der Waals surface area contributed by atoms with Crippen LogP contribution < -0.4 is 10.2 Å². The number of unbranched alkanes of at least 4 members (excludes halogenated alkanes) is 3. The van der Waals surface area contributed by atoms with Crippen molar-refractivity contribution < 1.29 is 4.79 Å². The van der Waals surface area contributed by atoms with E-state index in [9.17, 15) is 4.79 Å². The first-order valence-electron chi connectivity index (χ1n) is 10.2. The molecule has 0 aliphatic carbocycles. The van der Waals surface area contributed by atoms with Crippen LogP contribution >= 0.6 is 0 Å². The predicted molar refractivity (Wildman–Crippen MR) is 110 cm³/mol. The molecule has 1 aromatic carbocycles. The van der Waals surface area contributed by atoms with E-state index in [-0.39, 0.29) is 11.8 Å². The zero-order valence-corrected chi connectivity index (χ0v) is 16.2. The third kappa shape index (κ3) is 5.52. The van der Waals surface area contributed by atoms with Crippen molar-refractivity contribution >= 4 is 11.9 Å². The van der Waals surface area contributed by atoms with E-state index in [1.54, 1.807) is 0 Å². The van der Waals surface area contributed by atoms with Crippen molar-refractivity contribution in [2.75, 3.05) is 24.5 Å². The number of benzene rings is 1. The van der Waals surface area contributed by atoms with Crippen molar-refractivity contribution in [2.24, 2.45) is 5.92 Å². The monoisotopic (exact) mass is 366 g/mol. The molecule has 3 rings (SSSR count). The van der Waals surface area contributed by atoms with Crippen molar-refractivity contribution in [3.8, 4) is 11.1 Å². The summed E-state index contributed by atoms with van der Waals surface area (Å²) in [5, 5.41) is 3.11. The fourth-order valence-electron chi connectivity index (χ4n) is 3.54. The van der Waals surface area contributed by atoms with Gasteiger partial charge in [0.15, 0.2) is 0 Å². The van der Waals surface area contributed by atoms with Gasteiger partial charge >= 0.3 is 0 Å². The summed E-state index contributed by atoms with van der Waals surface area (Å²) in [7, 11) is 0. The molecule has 1 aromatic heterocycles. The van der Waals surface area contributed by atoms with E-state index < -0.39 is 0 Å². The van der Waals surface area contributed by atoms with Crippen LogP contribution in [0.3, 0.4) is 0 Å². The summed E-state index contributed by atoms with van der Waals surface area (Å²) in [6, 6.07) is 10.1. The summed E-state index contributed by atoms with van der Waals surface area (Å²) in [6.45, 7) is 4.59. The topological polar surface area (TPSA) is 58.1 Å². The Labute approximate surface area is 162 Å². The minimum absolute atomic E-state index is 0.0299. The molecule has 1 N–H and O–H groups in total. The lowest BCUT2D eigenvalue weighted by atomic mass is 9.97. The standard InChI is InChI=1S/C22H30N4O/c1-2-3-4-8-13-23-21(27)19-12-9-14-26(17-19)22-24-15-20(16-25-22)18-10-6-5-7-11-18/h5-7,10-11,15-16,19H,2-4,8-9,12-14,17H2,1H3,(H,23,27)/t19-/m0/s1. The molecule has 0 saturated carbocycles. The maximum Gasteiger partial charge on any atom is 0.225 e. The predicted octanol–water partition coefficient (Wildman–Crippen LogP) is 4.06. The van der Waals surface area contributed by atoms with Crippen molar-refractivity contribution in [2.45, 2.75) is 45.4 Å². The first-order chi connectivity index (χ1) is 13.3. The van der Waals surface area contributed by atoms with Crippen LogP contribution in [0.15, 0.2) is 42.7 Å². The molecule has 0 spiro atoms. The van der Waals surface area contributed by atoms with Crippen molar-refractivity contribution in [3.05, 3.63) is 42.7 Å². The van der Waals surface area contributed by atoms with Crippen molar-refractivity contribution in [3.63, 3.8) is 0 Å². The van der Waals surface area contributed by atoms with Gasteiger partial charge in [-0.05, 0) is 24.8 Å². The van der Waals surface area contributed by atoms with Gasteiger partial charge in [-0.25, -0.2) is 9.97 Å². The van der Waals surface area contributed by atoms with E-state index in [4.69, 9.17) is 0 Å². The van der Waals surface area contributed by atoms with Crippen LogP contribution in [0.25, 0.3) is 11.1 Å². The molecule has 1 atom stereocenters. The Morgan fingerprint density at radius 1 is 1.11 bits per heavy atom. The lowest BCUT2D eigenvalue weighted by Crippen LogP contribution is -2.43. The number of hydrogen-bond donors (Lipinski definition) is 1. The van der Waals surface area contributed by atoms with Crippen molar-refractivity contribution in [1.29, 1.82) is 0 Å². The first-order valence-corrected chi connectivity index (χ1v) is 10.2. The van der Waals surface area contributed by atoms with Crippen LogP contribution in [-0.4, -0.2) is 35.5 Å². The van der Waals surface area contributed by atoms with Gasteiger partial charge in [-0.2, -0.15) is 0 Å². The molecular weight excluding hydrogens is 336 g/mol. The number of amides is 1. The smallest absolute Gasteiger partial charge is 0.225 e. The molecule has 1 saturated heterocycles. The molecular formula is C22H30N4O. The second-order valence-electron chi connectivity index (χ2n) is 7.27. The highest BCUT2D eigenvalue weighted by molar-refractivity contribution is 5.79. The fourth-order valence-corrected chi connectivity index (χ4v) is 3.54. The van der Waals surface area contributed by atoms with Crippen LogP contribution in [0.1, 0.15) is 45.4 Å². The Morgan fingerprint density at radius 3 is 2.63 bits per heavy atom. The summed E-state index contributed by atoms with van der Waals surface area (Å²) in [4.78, 5) is 23.7. The number of carbonyl (C=O) groups excluding carboxylic acids is 1. The largest absolute Gasteiger partial charge is 0.356 e. The third-order valence-electron chi connectivity index (χ3n) is 5.15. The van der Waals surface area contributed by atoms with Crippen LogP contribution in [-0.2, 0) is 4.79 Å². The molecule has 5 nitrogen and oxygen atoms in total. The van der Waals surface area contributed by atoms with E-state index in [1.807, 2.05) is 30.6 Å². The number of nitrogens with zero attached hydrogens (tertiary/aromatic N) is 3. The Morgan fingerprint density at radius 2 is 1.89 bits per heavy atom. The molecule has 5 heteroatoms. The SMILES string of the molecule is CCCCCCNC(=O)[C@H]1CCCN(c2ncc(-c3ccccc3)cn2)C1. The number of aromatic nitrogens is 2. The highest BCUT2D eigenvalue weighted by Crippen LogP contribution is 2.22. The Hall–Kier alpha value is -2.43. The highest BCUT2D eigenvalue weighted by atomic mass is 16.1. The molecule has 1 aliphatic heterocycles. The highest BCUT2D eigenvalue weighted by Gasteiger charge is 2.26. The van der Waals surface area contributed by atoms with Gasteiger partial charge in [0.25, 0.3) is 0 Å². The number of piperidine rings is 1. The summed E-state index contributed by atoms with van der Waals surface area (Å²) in [6.07, 6.45) is 10.4. The molecule has 2 aromatic rings. The van der Waals surface area contributed by atoms with Gasteiger partial charge in [-0.1, -0.05) is 56.5 Å². The number of nitrogens with one attached hydrogen (secondary N) is 1. The molecule has 144 valence electrons. The number of rotatable bonds is 8. The Kier molecular flexibility index (Phi) is 7.19. The lowest BCUT2D eigenvalue weighted by molar-refractivity contribution is -0.125. The Bertz CT molecular complexity index is 702. The molecule has 27 heavy (non-hydrogen) atoms. The van der Waals surface area contributed by atoms with Crippen LogP contribution in [0, 0.1) is 5.92 Å². The lowest BCUT2D eigenvalue weighted by Gasteiger charge is -2.32. The second-order valence-corrected chi connectivity index (χ2v) is 7.27. The van der Waals surface area contributed by atoms with E-state index in [1.165, 1.54) is 19.3 Å². The number of hydrogen-bond acceptors (Lipinski definition) is 4. The summed E-state index contributed by atoms with van der Waals surface area (Å²) < 4.78 is 0. The molecule has 1 aliphatic rings. The zero-order valence-electron chi connectivity index (χ0n) is 16.2. The average molecular weight is 367 g/mol. The van der Waals surface area contributed by atoms with Gasteiger partial charge < -0.3 is 10.2 Å². The van der Waals surface area contributed by atoms with Gasteiger partial charge in [-0.3, -0.25) is 4.79 Å². The summed E-state index contributed by atoms with van der Waals surface area (Å²) >= 11 is 0. The molecule has 0 radical (unpaired) electrons. The normalized spacial score (nSPS) is 16.9. The molecule has 1 amide bonds. The van der Waals surface area contributed by atoms with Gasteiger partial charge in [0, 0.05) is 37.6 Å². The average Bonchev–Trinajstić information content (AvgIpc) is 2.74. The minimum Gasteiger partial charge on any atom is -0.356 e. The molecule has 1 fully saturated rings. The van der Waals surface area contributed by atoms with Crippen molar-refractivity contribution in [1.82, 2.24) is 15.3 Å². The summed E-state index contributed by atoms with van der Waals surface area (Å²) in [5.74, 6) is 0.926. The maximum atomic E-state index is 12.5. The zero-order chi connectivity index (χ0) is 18.9. The second kappa shape index (κ2) is 10.0. The van der Waals surface area contributed by atoms with Gasteiger partial charge in [0.2, 0.25) is 11.9 Å². The number of carbonyl (C=O) groups is 1. The first kappa shape index (κ1) is 19.3. The third-order valence-corrected chi connectivity index (χ3v) is 5.15. The van der Waals surface area contributed by atoms with Gasteiger partial charge in [-0.15, -0.1) is 0 Å². The minimum atomic E-state index is 0.0299.